The van der Waals surface area contributed by atoms with Gasteiger partial charge < -0.3 is 10.1 Å². The van der Waals surface area contributed by atoms with Crippen molar-refractivity contribution in [2.24, 2.45) is 0 Å². The molecule has 3 aromatic rings. The standard InChI is InChI=1S/C16H15FN4O2/c1-2-23-15-8-7-14-19-13(10-21(14)20-15)16(22)18-9-11-3-5-12(17)6-4-11/h3-8,10H,2,9H2,1H3,(H,18,22). The van der Waals surface area contributed by atoms with E-state index >= 15 is 0 Å². The summed E-state index contributed by atoms with van der Waals surface area (Å²) in [5.41, 5.74) is 1.62. The Labute approximate surface area is 131 Å². The van der Waals surface area contributed by atoms with Gasteiger partial charge in [-0.15, -0.1) is 5.10 Å². The summed E-state index contributed by atoms with van der Waals surface area (Å²) in [4.78, 5) is 16.4. The number of carbonyl (C=O) groups is 1. The minimum Gasteiger partial charge on any atom is -0.477 e. The number of benzene rings is 1. The van der Waals surface area contributed by atoms with Gasteiger partial charge in [0, 0.05) is 12.6 Å². The molecular weight excluding hydrogens is 299 g/mol. The number of nitrogens with one attached hydrogen (secondary N) is 1. The lowest BCUT2D eigenvalue weighted by atomic mass is 10.2. The molecule has 0 atom stereocenters. The summed E-state index contributed by atoms with van der Waals surface area (Å²) in [6.45, 7) is 2.68. The summed E-state index contributed by atoms with van der Waals surface area (Å²) in [7, 11) is 0. The molecule has 0 spiro atoms. The number of nitrogens with zero attached hydrogens (tertiary/aromatic N) is 3. The van der Waals surface area contributed by atoms with Gasteiger partial charge in [-0.25, -0.2) is 13.9 Å². The number of rotatable bonds is 5. The Hall–Kier alpha value is -2.96. The van der Waals surface area contributed by atoms with Crippen molar-refractivity contribution in [2.75, 3.05) is 6.61 Å². The molecule has 0 bridgehead atoms. The topological polar surface area (TPSA) is 68.5 Å². The molecule has 3 rings (SSSR count). The van der Waals surface area contributed by atoms with Crippen LogP contribution in [0.25, 0.3) is 5.65 Å². The smallest absolute Gasteiger partial charge is 0.271 e. The fourth-order valence-electron chi connectivity index (χ4n) is 2.07. The van der Waals surface area contributed by atoms with Gasteiger partial charge in [0.2, 0.25) is 5.88 Å². The fourth-order valence-corrected chi connectivity index (χ4v) is 2.07. The van der Waals surface area contributed by atoms with E-state index in [9.17, 15) is 9.18 Å². The Bertz CT molecular complexity index is 830. The number of fused-ring (bicyclic) bond motifs is 1. The van der Waals surface area contributed by atoms with E-state index in [2.05, 4.69) is 15.4 Å². The van der Waals surface area contributed by atoms with Crippen LogP contribution in [0.2, 0.25) is 0 Å². The fraction of sp³-hybridized carbons (Fsp3) is 0.188. The number of aromatic nitrogens is 3. The molecule has 0 fully saturated rings. The molecule has 0 unspecified atom stereocenters. The van der Waals surface area contributed by atoms with Crippen molar-refractivity contribution >= 4 is 11.6 Å². The first-order valence-corrected chi connectivity index (χ1v) is 7.17. The molecule has 0 radical (unpaired) electrons. The Morgan fingerprint density at radius 1 is 1.26 bits per heavy atom. The highest BCUT2D eigenvalue weighted by Crippen LogP contribution is 2.10. The van der Waals surface area contributed by atoms with Crippen LogP contribution in [0, 0.1) is 5.82 Å². The largest absolute Gasteiger partial charge is 0.477 e. The molecule has 1 N–H and O–H groups in total. The lowest BCUT2D eigenvalue weighted by Crippen LogP contribution is -2.23. The van der Waals surface area contributed by atoms with Crippen LogP contribution in [-0.2, 0) is 6.54 Å². The quantitative estimate of drug-likeness (QED) is 0.784. The summed E-state index contributed by atoms with van der Waals surface area (Å²) in [5.74, 6) is -0.162. The number of amides is 1. The van der Waals surface area contributed by atoms with E-state index in [1.165, 1.54) is 22.8 Å². The minimum absolute atomic E-state index is 0.258. The highest BCUT2D eigenvalue weighted by atomic mass is 19.1. The van der Waals surface area contributed by atoms with E-state index in [1.807, 2.05) is 6.92 Å². The second kappa shape index (κ2) is 6.43. The number of halogens is 1. The zero-order valence-corrected chi connectivity index (χ0v) is 12.5. The van der Waals surface area contributed by atoms with Gasteiger partial charge in [0.25, 0.3) is 5.91 Å². The van der Waals surface area contributed by atoms with Gasteiger partial charge in [-0.2, -0.15) is 0 Å². The summed E-state index contributed by atoms with van der Waals surface area (Å²) in [6.07, 6.45) is 1.54. The first-order valence-electron chi connectivity index (χ1n) is 7.17. The molecular formula is C16H15FN4O2. The van der Waals surface area contributed by atoms with Crippen LogP contribution in [-0.4, -0.2) is 27.1 Å². The Morgan fingerprint density at radius 3 is 2.78 bits per heavy atom. The number of hydrogen-bond donors (Lipinski definition) is 1. The van der Waals surface area contributed by atoms with Crippen molar-refractivity contribution in [3.8, 4) is 5.88 Å². The zero-order valence-electron chi connectivity index (χ0n) is 12.5. The second-order valence-electron chi connectivity index (χ2n) is 4.84. The summed E-state index contributed by atoms with van der Waals surface area (Å²) in [5, 5.41) is 6.95. The van der Waals surface area contributed by atoms with Gasteiger partial charge >= 0.3 is 0 Å². The summed E-state index contributed by atoms with van der Waals surface area (Å²) >= 11 is 0. The van der Waals surface area contributed by atoms with Gasteiger partial charge in [-0.3, -0.25) is 4.79 Å². The molecule has 1 aromatic carbocycles. The molecule has 2 heterocycles. The van der Waals surface area contributed by atoms with Crippen LogP contribution in [0.3, 0.4) is 0 Å². The Kier molecular flexibility index (Phi) is 4.18. The maximum Gasteiger partial charge on any atom is 0.271 e. The molecule has 23 heavy (non-hydrogen) atoms. The maximum absolute atomic E-state index is 12.8. The third-order valence-electron chi connectivity index (χ3n) is 3.19. The minimum atomic E-state index is -0.321. The van der Waals surface area contributed by atoms with Crippen molar-refractivity contribution in [3.63, 3.8) is 0 Å². The van der Waals surface area contributed by atoms with Gasteiger partial charge in [0.1, 0.15) is 11.5 Å². The SMILES string of the molecule is CCOc1ccc2nc(C(=O)NCc3ccc(F)cc3)cn2n1. The number of ether oxygens (including phenoxy) is 1. The molecule has 7 heteroatoms. The predicted molar refractivity (Wildman–Crippen MR) is 81.7 cm³/mol. The molecule has 0 aliphatic heterocycles. The lowest BCUT2D eigenvalue weighted by molar-refractivity contribution is 0.0946. The van der Waals surface area contributed by atoms with Gasteiger partial charge in [0.05, 0.1) is 12.8 Å². The van der Waals surface area contributed by atoms with Crippen LogP contribution < -0.4 is 10.1 Å². The van der Waals surface area contributed by atoms with E-state index in [-0.39, 0.29) is 17.4 Å². The number of hydrogen-bond acceptors (Lipinski definition) is 4. The van der Waals surface area contributed by atoms with E-state index in [0.717, 1.165) is 5.56 Å². The first kappa shape index (κ1) is 15.0. The predicted octanol–water partition coefficient (Wildman–Crippen LogP) is 2.20. The van der Waals surface area contributed by atoms with Gasteiger partial charge in [-0.05, 0) is 30.7 Å². The first-order chi connectivity index (χ1) is 11.2. The van der Waals surface area contributed by atoms with E-state index < -0.39 is 0 Å². The number of imidazole rings is 1. The molecule has 0 saturated carbocycles. The average Bonchev–Trinajstić information content (AvgIpc) is 2.98. The normalized spacial score (nSPS) is 10.7. The van der Waals surface area contributed by atoms with Crippen LogP contribution in [0.4, 0.5) is 4.39 Å². The summed E-state index contributed by atoms with van der Waals surface area (Å²) < 4.78 is 19.6. The third kappa shape index (κ3) is 3.45. The van der Waals surface area contributed by atoms with Crippen molar-refractivity contribution in [2.45, 2.75) is 13.5 Å². The Balaban J connectivity index is 1.71. The molecule has 6 nitrogen and oxygen atoms in total. The monoisotopic (exact) mass is 314 g/mol. The molecule has 2 aromatic heterocycles. The van der Waals surface area contributed by atoms with Gasteiger partial charge in [0.15, 0.2) is 5.65 Å². The van der Waals surface area contributed by atoms with Crippen molar-refractivity contribution < 1.29 is 13.9 Å². The summed E-state index contributed by atoms with van der Waals surface area (Å²) in [6, 6.07) is 9.38. The van der Waals surface area contributed by atoms with Crippen LogP contribution >= 0.6 is 0 Å². The Morgan fingerprint density at radius 2 is 2.04 bits per heavy atom. The molecule has 118 valence electrons. The molecule has 0 aliphatic carbocycles. The average molecular weight is 314 g/mol. The molecule has 0 saturated heterocycles. The van der Waals surface area contributed by atoms with Gasteiger partial charge in [-0.1, -0.05) is 12.1 Å². The maximum atomic E-state index is 12.8. The lowest BCUT2D eigenvalue weighted by Gasteiger charge is -2.02. The van der Waals surface area contributed by atoms with Crippen LogP contribution in [0.1, 0.15) is 23.0 Å². The second-order valence-corrected chi connectivity index (χ2v) is 4.84. The van der Waals surface area contributed by atoms with Crippen molar-refractivity contribution in [1.82, 2.24) is 19.9 Å². The van der Waals surface area contributed by atoms with Crippen LogP contribution in [0.15, 0.2) is 42.6 Å². The van der Waals surface area contributed by atoms with E-state index in [1.54, 1.807) is 24.3 Å². The zero-order chi connectivity index (χ0) is 16.2. The molecule has 1 amide bonds. The van der Waals surface area contributed by atoms with Crippen molar-refractivity contribution in [3.05, 3.63) is 59.7 Å². The number of carbonyl (C=O) groups excluding carboxylic acids is 1. The molecule has 0 aliphatic rings. The highest BCUT2D eigenvalue weighted by Gasteiger charge is 2.11. The highest BCUT2D eigenvalue weighted by molar-refractivity contribution is 5.92. The van der Waals surface area contributed by atoms with E-state index in [4.69, 9.17) is 4.74 Å². The van der Waals surface area contributed by atoms with Crippen LogP contribution in [0.5, 0.6) is 5.88 Å². The third-order valence-corrected chi connectivity index (χ3v) is 3.19. The van der Waals surface area contributed by atoms with Crippen molar-refractivity contribution in [1.29, 1.82) is 0 Å². The van der Waals surface area contributed by atoms with E-state index in [0.29, 0.717) is 24.7 Å².